The highest BCUT2D eigenvalue weighted by Crippen LogP contribution is 2.27. The third-order valence-electron chi connectivity index (χ3n) is 3.94. The van der Waals surface area contributed by atoms with Crippen LogP contribution in [0, 0.1) is 4.91 Å². The Morgan fingerprint density at radius 3 is 2.59 bits per heavy atom. The van der Waals surface area contributed by atoms with Gasteiger partial charge < -0.3 is 9.47 Å². The summed E-state index contributed by atoms with van der Waals surface area (Å²) in [4.78, 5) is 36.6. The van der Waals surface area contributed by atoms with E-state index in [1.807, 2.05) is 30.3 Å². The summed E-state index contributed by atoms with van der Waals surface area (Å²) in [6.45, 7) is 0.516. The van der Waals surface area contributed by atoms with E-state index in [9.17, 15) is 14.5 Å². The van der Waals surface area contributed by atoms with E-state index < -0.39 is 5.43 Å². The predicted molar refractivity (Wildman–Crippen MR) is 82.3 cm³/mol. The van der Waals surface area contributed by atoms with E-state index in [0.717, 1.165) is 5.56 Å². The second-order valence-electron chi connectivity index (χ2n) is 5.40. The molecule has 1 aromatic heterocycles. The normalized spacial score (nSPS) is 17.2. The summed E-state index contributed by atoms with van der Waals surface area (Å²) in [5.74, 6) is -0.350. The Hall–Kier alpha value is -2.76. The van der Waals surface area contributed by atoms with Gasteiger partial charge in [0.2, 0.25) is 5.43 Å². The Kier molecular flexibility index (Phi) is 3.58. The molecule has 0 fully saturated rings. The first-order valence-electron chi connectivity index (χ1n) is 6.99. The van der Waals surface area contributed by atoms with Gasteiger partial charge in [-0.05, 0) is 17.2 Å². The van der Waals surface area contributed by atoms with E-state index in [2.05, 4.69) is 5.18 Å². The number of carbonyl (C=O) groups excluding carboxylic acids is 1. The molecule has 0 saturated heterocycles. The van der Waals surface area contributed by atoms with E-state index >= 15 is 0 Å². The molecule has 2 aromatic rings. The summed E-state index contributed by atoms with van der Waals surface area (Å²) < 4.78 is 1.70. The van der Waals surface area contributed by atoms with Gasteiger partial charge in [0.1, 0.15) is 5.69 Å². The molecule has 112 valence electrons. The highest BCUT2D eigenvalue weighted by molar-refractivity contribution is 5.97. The Balaban J connectivity index is 2.09. The molecule has 0 unspecified atom stereocenters. The molecule has 6 nitrogen and oxygen atoms in total. The third kappa shape index (κ3) is 2.32. The predicted octanol–water partition coefficient (Wildman–Crippen LogP) is 2.12. The highest BCUT2D eigenvalue weighted by Gasteiger charge is 2.32. The van der Waals surface area contributed by atoms with Gasteiger partial charge in [-0.3, -0.25) is 9.59 Å². The van der Waals surface area contributed by atoms with E-state index in [4.69, 9.17) is 0 Å². The molecule has 0 spiro atoms. The van der Waals surface area contributed by atoms with E-state index in [1.54, 1.807) is 17.8 Å². The van der Waals surface area contributed by atoms with Gasteiger partial charge in [0.15, 0.2) is 5.69 Å². The van der Waals surface area contributed by atoms with Crippen molar-refractivity contribution in [1.82, 2.24) is 9.47 Å². The van der Waals surface area contributed by atoms with Crippen molar-refractivity contribution in [1.29, 1.82) is 0 Å². The molecular weight excluding hydrogens is 282 g/mol. The van der Waals surface area contributed by atoms with Crippen LogP contribution in [0.1, 0.15) is 22.1 Å². The van der Waals surface area contributed by atoms with E-state index in [-0.39, 0.29) is 23.3 Å². The molecule has 0 bridgehead atoms. The Bertz CT molecular complexity index is 783. The van der Waals surface area contributed by atoms with Gasteiger partial charge in [-0.15, -0.1) is 4.91 Å². The zero-order chi connectivity index (χ0) is 15.7. The number of likely N-dealkylation sites (N-methyl/N-ethyl adjacent to an activating group) is 1. The first-order chi connectivity index (χ1) is 10.6. The van der Waals surface area contributed by atoms with Crippen molar-refractivity contribution in [3.63, 3.8) is 0 Å². The Morgan fingerprint density at radius 1 is 1.18 bits per heavy atom. The summed E-state index contributed by atoms with van der Waals surface area (Å²) in [5, 5.41) is 2.78. The van der Waals surface area contributed by atoms with Gasteiger partial charge in [-0.1, -0.05) is 30.3 Å². The van der Waals surface area contributed by atoms with Crippen molar-refractivity contribution in [2.75, 3.05) is 13.6 Å². The average molecular weight is 297 g/mol. The zero-order valence-corrected chi connectivity index (χ0v) is 12.1. The minimum Gasteiger partial charge on any atom is -0.338 e. The van der Waals surface area contributed by atoms with Crippen LogP contribution in [0.2, 0.25) is 0 Å². The maximum absolute atomic E-state index is 12.3. The summed E-state index contributed by atoms with van der Waals surface area (Å²) >= 11 is 0. The van der Waals surface area contributed by atoms with Crippen molar-refractivity contribution >= 4 is 11.6 Å². The molecule has 1 aromatic carbocycles. The number of nitrogens with zero attached hydrogens (tertiary/aromatic N) is 3. The fraction of sp³-hybridized carbons (Fsp3) is 0.250. The lowest BCUT2D eigenvalue weighted by atomic mass is 10.0. The number of aromatic nitrogens is 1. The molecule has 0 aliphatic carbocycles. The Labute approximate surface area is 127 Å². The molecule has 0 saturated carbocycles. The molecule has 0 radical (unpaired) electrons. The lowest BCUT2D eigenvalue weighted by molar-refractivity contribution is 0.0716. The topological polar surface area (TPSA) is 71.7 Å². The zero-order valence-electron chi connectivity index (χ0n) is 12.1. The molecule has 1 aliphatic rings. The van der Waals surface area contributed by atoms with Crippen LogP contribution in [0.15, 0.2) is 52.6 Å². The van der Waals surface area contributed by atoms with Crippen LogP contribution < -0.4 is 5.43 Å². The second kappa shape index (κ2) is 5.55. The van der Waals surface area contributed by atoms with Gasteiger partial charge >= 0.3 is 0 Å². The number of benzene rings is 1. The van der Waals surface area contributed by atoms with Crippen LogP contribution in [0.25, 0.3) is 0 Å². The van der Waals surface area contributed by atoms with Crippen LogP contribution in [0.3, 0.4) is 0 Å². The number of rotatable bonds is 3. The van der Waals surface area contributed by atoms with Gasteiger partial charge in [-0.2, -0.15) is 0 Å². The first kappa shape index (κ1) is 14.2. The summed E-state index contributed by atoms with van der Waals surface area (Å²) in [6.07, 6.45) is 2.28. The maximum atomic E-state index is 12.3. The molecule has 6 heteroatoms. The second-order valence-corrected chi connectivity index (χ2v) is 5.40. The molecule has 1 atom stereocenters. The first-order valence-corrected chi connectivity index (χ1v) is 6.99. The van der Waals surface area contributed by atoms with Crippen LogP contribution in [0.4, 0.5) is 5.69 Å². The van der Waals surface area contributed by atoms with Crippen molar-refractivity contribution in [2.45, 2.75) is 12.5 Å². The summed E-state index contributed by atoms with van der Waals surface area (Å²) in [7, 11) is 1.66. The Morgan fingerprint density at radius 2 is 1.91 bits per heavy atom. The van der Waals surface area contributed by atoms with Crippen molar-refractivity contribution in [2.24, 2.45) is 5.18 Å². The van der Waals surface area contributed by atoms with E-state index in [0.29, 0.717) is 13.0 Å². The third-order valence-corrected chi connectivity index (χ3v) is 3.94. The molecular formula is C16H15N3O3. The number of amides is 1. The molecule has 2 heterocycles. The lowest BCUT2D eigenvalue weighted by Gasteiger charge is -2.34. The number of fused-ring (bicyclic) bond motifs is 1. The van der Waals surface area contributed by atoms with Gasteiger partial charge in [0, 0.05) is 25.9 Å². The van der Waals surface area contributed by atoms with Crippen molar-refractivity contribution in [3.8, 4) is 0 Å². The van der Waals surface area contributed by atoms with Crippen molar-refractivity contribution in [3.05, 3.63) is 69.0 Å². The quantitative estimate of drug-likeness (QED) is 0.815. The number of hydrogen-bond donors (Lipinski definition) is 0. The SMILES string of the molecule is CN1C[C@H](Cc2ccccc2)n2ccc(=O)c(N=O)c2C1=O. The molecule has 1 amide bonds. The van der Waals surface area contributed by atoms with Gasteiger partial charge in [-0.25, -0.2) is 0 Å². The number of nitroso groups, excluding NO2 is 1. The average Bonchev–Trinajstić information content (AvgIpc) is 2.53. The van der Waals surface area contributed by atoms with Gasteiger partial charge in [0.05, 0.1) is 6.04 Å². The molecule has 1 aliphatic heterocycles. The van der Waals surface area contributed by atoms with Crippen LogP contribution in [0.5, 0.6) is 0 Å². The molecule has 3 rings (SSSR count). The lowest BCUT2D eigenvalue weighted by Crippen LogP contribution is -2.42. The van der Waals surface area contributed by atoms with Gasteiger partial charge in [0.25, 0.3) is 5.91 Å². The van der Waals surface area contributed by atoms with Crippen LogP contribution in [-0.4, -0.2) is 29.0 Å². The number of carbonyl (C=O) groups is 1. The minimum atomic E-state index is -0.525. The maximum Gasteiger partial charge on any atom is 0.272 e. The smallest absolute Gasteiger partial charge is 0.272 e. The highest BCUT2D eigenvalue weighted by atomic mass is 16.3. The number of hydrogen-bond acceptors (Lipinski definition) is 4. The van der Waals surface area contributed by atoms with Crippen LogP contribution >= 0.6 is 0 Å². The van der Waals surface area contributed by atoms with E-state index in [1.165, 1.54) is 11.0 Å². The molecule has 22 heavy (non-hydrogen) atoms. The summed E-state index contributed by atoms with van der Waals surface area (Å²) in [5.41, 5.74) is 0.373. The summed E-state index contributed by atoms with van der Waals surface area (Å²) in [6, 6.07) is 11.1. The monoisotopic (exact) mass is 297 g/mol. The standard InChI is InChI=1S/C16H15N3O3/c1-18-10-12(9-11-5-3-2-4-6-11)19-8-7-13(20)14(17-22)15(19)16(18)21/h2-8,12H,9-10H2,1H3/t12-/m0/s1. The largest absolute Gasteiger partial charge is 0.338 e. The fourth-order valence-electron chi connectivity index (χ4n) is 2.86. The number of pyridine rings is 1. The minimum absolute atomic E-state index is 0.0406. The molecule has 0 N–H and O–H groups in total. The van der Waals surface area contributed by atoms with Crippen molar-refractivity contribution < 1.29 is 4.79 Å². The van der Waals surface area contributed by atoms with Crippen LogP contribution in [-0.2, 0) is 6.42 Å². The fourth-order valence-corrected chi connectivity index (χ4v) is 2.86.